The molecule has 3 aromatic rings. The summed E-state index contributed by atoms with van der Waals surface area (Å²) in [5, 5.41) is 10.8. The van der Waals surface area contributed by atoms with Gasteiger partial charge in [-0.3, -0.25) is 19.7 Å². The molecule has 0 radical (unpaired) electrons. The molecule has 1 amide bonds. The zero-order valence-corrected chi connectivity index (χ0v) is 15.7. The lowest BCUT2D eigenvalue weighted by atomic mass is 10.0. The van der Waals surface area contributed by atoms with E-state index in [9.17, 15) is 19.7 Å². The average Bonchev–Trinajstić information content (AvgIpc) is 2.75. The number of nitrogens with zero attached hydrogens (tertiary/aromatic N) is 3. The summed E-state index contributed by atoms with van der Waals surface area (Å²) in [6.45, 7) is 0.867. The molecule has 0 spiro atoms. The highest BCUT2D eigenvalue weighted by Crippen LogP contribution is 2.28. The summed E-state index contributed by atoms with van der Waals surface area (Å²) in [6, 6.07) is 16.8. The Morgan fingerprint density at radius 3 is 2.55 bits per heavy atom. The summed E-state index contributed by atoms with van der Waals surface area (Å²) >= 11 is 0. The fourth-order valence-electron chi connectivity index (χ4n) is 3.60. The first-order valence-electron chi connectivity index (χ1n) is 9.36. The molecule has 4 rings (SSSR count). The van der Waals surface area contributed by atoms with Crippen molar-refractivity contribution in [2.24, 2.45) is 0 Å². The van der Waals surface area contributed by atoms with E-state index in [4.69, 9.17) is 0 Å². The standard InChI is InChI=1S/C22H19N3O4/c26-21-12-9-18(15-23(21)14-16-7-10-19(11-8-16)25(28)29)22(27)24-13-3-5-17-4-1-2-6-20(17)24/h1-2,4,6-12,15H,3,5,13-14H2. The molecule has 0 atom stereocenters. The van der Waals surface area contributed by atoms with Gasteiger partial charge in [-0.05, 0) is 36.1 Å². The van der Waals surface area contributed by atoms with Crippen molar-refractivity contribution >= 4 is 17.3 Å². The number of rotatable bonds is 4. The van der Waals surface area contributed by atoms with Crippen LogP contribution in [0.15, 0.2) is 71.7 Å². The van der Waals surface area contributed by atoms with Gasteiger partial charge in [0.05, 0.1) is 17.0 Å². The van der Waals surface area contributed by atoms with Crippen LogP contribution in [-0.4, -0.2) is 21.9 Å². The highest BCUT2D eigenvalue weighted by Gasteiger charge is 2.23. The topological polar surface area (TPSA) is 85.4 Å². The third-order valence-electron chi connectivity index (χ3n) is 5.09. The van der Waals surface area contributed by atoms with Crippen molar-refractivity contribution < 1.29 is 9.72 Å². The molecule has 1 aliphatic heterocycles. The number of amides is 1. The summed E-state index contributed by atoms with van der Waals surface area (Å²) in [5.74, 6) is -0.144. The zero-order valence-electron chi connectivity index (χ0n) is 15.7. The second-order valence-corrected chi connectivity index (χ2v) is 7.00. The molecule has 0 fully saturated rings. The molecule has 7 nitrogen and oxygen atoms in total. The van der Waals surface area contributed by atoms with Gasteiger partial charge < -0.3 is 9.47 Å². The van der Waals surface area contributed by atoms with Gasteiger partial charge in [0.2, 0.25) is 0 Å². The van der Waals surface area contributed by atoms with Crippen molar-refractivity contribution in [1.82, 2.24) is 4.57 Å². The Morgan fingerprint density at radius 1 is 1.03 bits per heavy atom. The number of fused-ring (bicyclic) bond motifs is 1. The van der Waals surface area contributed by atoms with Crippen LogP contribution in [0.3, 0.4) is 0 Å². The second-order valence-electron chi connectivity index (χ2n) is 7.00. The smallest absolute Gasteiger partial charge is 0.269 e. The quantitative estimate of drug-likeness (QED) is 0.506. The van der Waals surface area contributed by atoms with Gasteiger partial charge in [-0.15, -0.1) is 0 Å². The Morgan fingerprint density at radius 2 is 1.79 bits per heavy atom. The Kier molecular flexibility index (Phi) is 4.95. The first-order valence-corrected chi connectivity index (χ1v) is 9.36. The van der Waals surface area contributed by atoms with Crippen LogP contribution >= 0.6 is 0 Å². The lowest BCUT2D eigenvalue weighted by Crippen LogP contribution is -2.36. The number of carbonyl (C=O) groups excluding carboxylic acids is 1. The minimum absolute atomic E-state index is 0.00575. The van der Waals surface area contributed by atoms with E-state index in [2.05, 4.69) is 0 Å². The van der Waals surface area contributed by atoms with Gasteiger partial charge in [0, 0.05) is 36.6 Å². The van der Waals surface area contributed by atoms with E-state index in [-0.39, 0.29) is 23.7 Å². The van der Waals surface area contributed by atoms with E-state index in [1.165, 1.54) is 22.8 Å². The Hall–Kier alpha value is -3.74. The maximum Gasteiger partial charge on any atom is 0.269 e. The van der Waals surface area contributed by atoms with Gasteiger partial charge in [-0.25, -0.2) is 0 Å². The number of aryl methyl sites for hydroxylation is 1. The van der Waals surface area contributed by atoms with Crippen molar-refractivity contribution in [3.05, 3.63) is 104 Å². The number of hydrogen-bond donors (Lipinski definition) is 0. The molecule has 0 saturated carbocycles. The normalized spacial score (nSPS) is 13.0. The van der Waals surface area contributed by atoms with Crippen LogP contribution in [0.1, 0.15) is 27.9 Å². The Bertz CT molecular complexity index is 1140. The summed E-state index contributed by atoms with van der Waals surface area (Å²) in [6.07, 6.45) is 3.40. The van der Waals surface area contributed by atoms with E-state index in [1.807, 2.05) is 24.3 Å². The van der Waals surface area contributed by atoms with Crippen molar-refractivity contribution in [2.75, 3.05) is 11.4 Å². The van der Waals surface area contributed by atoms with E-state index >= 15 is 0 Å². The molecule has 0 aliphatic carbocycles. The van der Waals surface area contributed by atoms with Crippen LogP contribution in [0.4, 0.5) is 11.4 Å². The van der Waals surface area contributed by atoms with Gasteiger partial charge in [0.1, 0.15) is 0 Å². The van der Waals surface area contributed by atoms with E-state index < -0.39 is 4.92 Å². The van der Waals surface area contributed by atoms with Crippen LogP contribution < -0.4 is 10.5 Å². The van der Waals surface area contributed by atoms with Crippen LogP contribution in [0.5, 0.6) is 0 Å². The largest absolute Gasteiger partial charge is 0.310 e. The molecule has 29 heavy (non-hydrogen) atoms. The van der Waals surface area contributed by atoms with Crippen LogP contribution in [0.25, 0.3) is 0 Å². The van der Waals surface area contributed by atoms with E-state index in [0.29, 0.717) is 12.1 Å². The van der Waals surface area contributed by atoms with Crippen LogP contribution in [0.2, 0.25) is 0 Å². The maximum atomic E-state index is 13.1. The number of carbonyl (C=O) groups is 1. The van der Waals surface area contributed by atoms with Crippen molar-refractivity contribution in [2.45, 2.75) is 19.4 Å². The van der Waals surface area contributed by atoms with E-state index in [0.717, 1.165) is 29.7 Å². The summed E-state index contributed by atoms with van der Waals surface area (Å²) < 4.78 is 1.45. The first-order chi connectivity index (χ1) is 14.0. The molecular formula is C22H19N3O4. The predicted molar refractivity (Wildman–Crippen MR) is 109 cm³/mol. The summed E-state index contributed by atoms with van der Waals surface area (Å²) in [4.78, 5) is 37.5. The monoisotopic (exact) mass is 389 g/mol. The lowest BCUT2D eigenvalue weighted by Gasteiger charge is -2.29. The fourth-order valence-corrected chi connectivity index (χ4v) is 3.60. The number of non-ortho nitro benzene ring substituents is 1. The third kappa shape index (κ3) is 3.80. The third-order valence-corrected chi connectivity index (χ3v) is 5.09. The van der Waals surface area contributed by atoms with Gasteiger partial charge in [0.15, 0.2) is 0 Å². The second kappa shape index (κ2) is 7.71. The van der Waals surface area contributed by atoms with Crippen LogP contribution in [-0.2, 0) is 13.0 Å². The molecule has 0 unspecified atom stereocenters. The summed E-state index contributed by atoms with van der Waals surface area (Å²) in [5.41, 5.74) is 2.99. The molecule has 1 aromatic heterocycles. The number of nitro benzene ring substituents is 1. The molecule has 2 aromatic carbocycles. The minimum atomic E-state index is -0.467. The molecule has 0 N–H and O–H groups in total. The summed E-state index contributed by atoms with van der Waals surface area (Å²) in [7, 11) is 0. The van der Waals surface area contributed by atoms with E-state index in [1.54, 1.807) is 29.3 Å². The highest BCUT2D eigenvalue weighted by atomic mass is 16.6. The number of pyridine rings is 1. The SMILES string of the molecule is O=C(c1ccc(=O)n(Cc2ccc([N+](=O)[O-])cc2)c1)N1CCCc2ccccc21. The molecule has 2 heterocycles. The lowest BCUT2D eigenvalue weighted by molar-refractivity contribution is -0.384. The molecule has 7 heteroatoms. The number of aromatic nitrogens is 1. The first kappa shape index (κ1) is 18.6. The van der Waals surface area contributed by atoms with Gasteiger partial charge >= 0.3 is 0 Å². The van der Waals surface area contributed by atoms with Crippen molar-refractivity contribution in [1.29, 1.82) is 0 Å². The average molecular weight is 389 g/mol. The fraction of sp³-hybridized carbons (Fsp3) is 0.182. The molecule has 1 aliphatic rings. The number of nitro groups is 1. The van der Waals surface area contributed by atoms with Crippen molar-refractivity contribution in [3.63, 3.8) is 0 Å². The van der Waals surface area contributed by atoms with Crippen LogP contribution in [0, 0.1) is 10.1 Å². The predicted octanol–water partition coefficient (Wildman–Crippen LogP) is 3.40. The van der Waals surface area contributed by atoms with Gasteiger partial charge in [0.25, 0.3) is 17.2 Å². The van der Waals surface area contributed by atoms with Gasteiger partial charge in [-0.2, -0.15) is 0 Å². The number of anilines is 1. The molecule has 0 saturated heterocycles. The Balaban J connectivity index is 1.61. The molecule has 146 valence electrons. The minimum Gasteiger partial charge on any atom is -0.310 e. The molecule has 0 bridgehead atoms. The van der Waals surface area contributed by atoms with Crippen molar-refractivity contribution in [3.8, 4) is 0 Å². The molecular weight excluding hydrogens is 370 g/mol. The number of para-hydroxylation sites is 1. The maximum absolute atomic E-state index is 13.1. The number of benzene rings is 2. The Labute approximate surface area is 167 Å². The zero-order chi connectivity index (χ0) is 20.4. The number of hydrogen-bond acceptors (Lipinski definition) is 4. The van der Waals surface area contributed by atoms with Gasteiger partial charge in [-0.1, -0.05) is 30.3 Å². The highest BCUT2D eigenvalue weighted by molar-refractivity contribution is 6.06.